The Labute approximate surface area is 110 Å². The summed E-state index contributed by atoms with van der Waals surface area (Å²) in [5.41, 5.74) is 1.01. The first-order valence-electron chi connectivity index (χ1n) is 4.94. The van der Waals surface area contributed by atoms with Crippen LogP contribution < -0.4 is 4.72 Å². The van der Waals surface area contributed by atoms with Crippen molar-refractivity contribution in [2.75, 3.05) is 18.3 Å². The van der Waals surface area contributed by atoms with E-state index in [0.717, 1.165) is 0 Å². The average molecular weight is 293 g/mol. The molecule has 0 saturated carbocycles. The second-order valence-corrected chi connectivity index (χ2v) is 5.93. The number of nitrogens with zero attached hydrogens (tertiary/aromatic N) is 1. The Morgan fingerprint density at radius 3 is 2.67 bits per heavy atom. The van der Waals surface area contributed by atoms with E-state index >= 15 is 0 Å². The van der Waals surface area contributed by atoms with Crippen molar-refractivity contribution in [1.29, 1.82) is 0 Å². The lowest BCUT2D eigenvalue weighted by Gasteiger charge is -2.17. The van der Waals surface area contributed by atoms with Crippen molar-refractivity contribution in [1.82, 2.24) is 4.31 Å². The third-order valence-corrected chi connectivity index (χ3v) is 3.87. The summed E-state index contributed by atoms with van der Waals surface area (Å²) in [4.78, 5) is 10.5. The monoisotopic (exact) mass is 292 g/mol. The van der Waals surface area contributed by atoms with Crippen molar-refractivity contribution >= 4 is 33.5 Å². The lowest BCUT2D eigenvalue weighted by atomic mass is 10.2. The lowest BCUT2D eigenvalue weighted by molar-refractivity contribution is -0.137. The smallest absolute Gasteiger partial charge is 0.318 e. The van der Waals surface area contributed by atoms with Gasteiger partial charge < -0.3 is 5.11 Å². The zero-order valence-corrected chi connectivity index (χ0v) is 11.4. The molecule has 0 saturated heterocycles. The maximum Gasteiger partial charge on any atom is 0.318 e. The SMILES string of the molecule is Cc1ccc(Cl)cc1NS(=O)(=O)N(C)CC(=O)O. The minimum Gasteiger partial charge on any atom is -0.480 e. The summed E-state index contributed by atoms with van der Waals surface area (Å²) in [6.45, 7) is 1.10. The molecule has 0 atom stereocenters. The number of carboxylic acids is 1. The molecule has 0 aliphatic carbocycles. The summed E-state index contributed by atoms with van der Waals surface area (Å²) >= 11 is 5.77. The Balaban J connectivity index is 2.95. The Hall–Kier alpha value is -1.31. The molecule has 6 nitrogen and oxygen atoms in total. The highest BCUT2D eigenvalue weighted by Crippen LogP contribution is 2.21. The first kappa shape index (κ1) is 14.7. The molecule has 0 aromatic heterocycles. The molecule has 0 amide bonds. The number of nitrogens with one attached hydrogen (secondary N) is 1. The van der Waals surface area contributed by atoms with Crippen LogP contribution in [-0.4, -0.2) is 37.4 Å². The van der Waals surface area contributed by atoms with Crippen LogP contribution in [0.3, 0.4) is 0 Å². The number of anilines is 1. The van der Waals surface area contributed by atoms with Gasteiger partial charge in [-0.1, -0.05) is 17.7 Å². The van der Waals surface area contributed by atoms with Crippen molar-refractivity contribution in [3.05, 3.63) is 28.8 Å². The Kier molecular flexibility index (Phi) is 4.55. The van der Waals surface area contributed by atoms with Crippen LogP contribution in [0.25, 0.3) is 0 Å². The van der Waals surface area contributed by atoms with Crippen LogP contribution >= 0.6 is 11.6 Å². The number of hydrogen-bond acceptors (Lipinski definition) is 3. The zero-order valence-electron chi connectivity index (χ0n) is 9.84. The number of benzene rings is 1. The average Bonchev–Trinajstić information content (AvgIpc) is 2.22. The second-order valence-electron chi connectivity index (χ2n) is 3.72. The molecule has 1 aromatic rings. The summed E-state index contributed by atoms with van der Waals surface area (Å²) < 4.78 is 26.6. The number of aliphatic carboxylic acids is 1. The van der Waals surface area contributed by atoms with Gasteiger partial charge in [-0.25, -0.2) is 0 Å². The van der Waals surface area contributed by atoms with Crippen molar-refractivity contribution in [2.24, 2.45) is 0 Å². The predicted molar refractivity (Wildman–Crippen MR) is 69.0 cm³/mol. The quantitative estimate of drug-likeness (QED) is 0.857. The van der Waals surface area contributed by atoms with Crippen LogP contribution in [0.1, 0.15) is 5.56 Å². The highest BCUT2D eigenvalue weighted by atomic mass is 35.5. The van der Waals surface area contributed by atoms with Gasteiger partial charge >= 0.3 is 16.2 Å². The molecule has 100 valence electrons. The number of likely N-dealkylation sites (N-methyl/N-ethyl adjacent to an activating group) is 1. The van der Waals surface area contributed by atoms with Crippen molar-refractivity contribution < 1.29 is 18.3 Å². The van der Waals surface area contributed by atoms with Gasteiger partial charge in [0.25, 0.3) is 0 Å². The summed E-state index contributed by atoms with van der Waals surface area (Å²) in [7, 11) is -2.73. The van der Waals surface area contributed by atoms with Gasteiger partial charge in [0.2, 0.25) is 0 Å². The van der Waals surface area contributed by atoms with Crippen molar-refractivity contribution in [3.8, 4) is 0 Å². The van der Waals surface area contributed by atoms with E-state index in [9.17, 15) is 13.2 Å². The van der Waals surface area contributed by atoms with Gasteiger partial charge in [-0.15, -0.1) is 0 Å². The number of rotatable bonds is 5. The van der Waals surface area contributed by atoms with E-state index < -0.39 is 22.7 Å². The number of carboxylic acid groups (broad SMARTS) is 1. The van der Waals surface area contributed by atoms with Gasteiger partial charge in [0.1, 0.15) is 6.54 Å². The van der Waals surface area contributed by atoms with E-state index in [0.29, 0.717) is 20.6 Å². The molecular weight excluding hydrogens is 280 g/mol. The third kappa shape index (κ3) is 3.86. The molecule has 2 N–H and O–H groups in total. The molecule has 0 fully saturated rings. The second kappa shape index (κ2) is 5.55. The van der Waals surface area contributed by atoms with E-state index in [1.807, 2.05) is 0 Å². The number of carbonyl (C=O) groups is 1. The van der Waals surface area contributed by atoms with E-state index in [-0.39, 0.29) is 0 Å². The maximum absolute atomic E-state index is 11.8. The summed E-state index contributed by atoms with van der Waals surface area (Å²) in [6.07, 6.45) is 0. The Morgan fingerprint density at radius 2 is 2.11 bits per heavy atom. The topological polar surface area (TPSA) is 86.7 Å². The van der Waals surface area contributed by atoms with Gasteiger partial charge in [-0.2, -0.15) is 12.7 Å². The minimum atomic E-state index is -3.90. The molecule has 18 heavy (non-hydrogen) atoms. The normalized spacial score (nSPS) is 11.6. The fourth-order valence-corrected chi connectivity index (χ4v) is 2.30. The van der Waals surface area contributed by atoms with Gasteiger partial charge in [0.05, 0.1) is 5.69 Å². The van der Waals surface area contributed by atoms with Gasteiger partial charge in [0.15, 0.2) is 0 Å². The van der Waals surface area contributed by atoms with E-state index in [4.69, 9.17) is 16.7 Å². The van der Waals surface area contributed by atoms with Crippen LogP contribution in [0.2, 0.25) is 5.02 Å². The minimum absolute atomic E-state index is 0.319. The molecule has 0 aliphatic heterocycles. The van der Waals surface area contributed by atoms with Gasteiger partial charge in [-0.05, 0) is 24.6 Å². The molecule has 1 aromatic carbocycles. The highest BCUT2D eigenvalue weighted by Gasteiger charge is 2.20. The van der Waals surface area contributed by atoms with E-state index in [1.54, 1.807) is 19.1 Å². The number of halogens is 1. The summed E-state index contributed by atoms with van der Waals surface area (Å²) in [5, 5.41) is 8.95. The van der Waals surface area contributed by atoms with Crippen LogP contribution in [0.5, 0.6) is 0 Å². The lowest BCUT2D eigenvalue weighted by Crippen LogP contribution is -2.36. The van der Waals surface area contributed by atoms with Crippen molar-refractivity contribution in [2.45, 2.75) is 6.92 Å². The largest absolute Gasteiger partial charge is 0.480 e. The van der Waals surface area contributed by atoms with E-state index in [2.05, 4.69) is 4.72 Å². The molecule has 0 radical (unpaired) electrons. The molecule has 0 heterocycles. The molecule has 0 spiro atoms. The maximum atomic E-state index is 11.8. The first-order chi connectivity index (χ1) is 8.22. The Morgan fingerprint density at radius 1 is 1.50 bits per heavy atom. The molecule has 0 aliphatic rings. The molecule has 0 unspecified atom stereocenters. The van der Waals surface area contributed by atoms with Crippen LogP contribution in [0, 0.1) is 6.92 Å². The molecule has 8 heteroatoms. The predicted octanol–water partition coefficient (Wildman–Crippen LogP) is 1.32. The fraction of sp³-hybridized carbons (Fsp3) is 0.300. The van der Waals surface area contributed by atoms with Crippen molar-refractivity contribution in [3.63, 3.8) is 0 Å². The number of aryl methyl sites for hydroxylation is 1. The summed E-state index contributed by atoms with van der Waals surface area (Å²) in [5.74, 6) is -1.23. The van der Waals surface area contributed by atoms with Gasteiger partial charge in [0, 0.05) is 12.1 Å². The number of hydrogen-bond donors (Lipinski definition) is 2. The van der Waals surface area contributed by atoms with Crippen LogP contribution in [-0.2, 0) is 15.0 Å². The molecular formula is C10H13ClN2O4S. The molecule has 1 rings (SSSR count). The Bertz CT molecular complexity index is 559. The zero-order chi connectivity index (χ0) is 13.9. The highest BCUT2D eigenvalue weighted by molar-refractivity contribution is 7.90. The van der Waals surface area contributed by atoms with Crippen LogP contribution in [0.15, 0.2) is 18.2 Å². The first-order valence-corrected chi connectivity index (χ1v) is 6.76. The van der Waals surface area contributed by atoms with Crippen LogP contribution in [0.4, 0.5) is 5.69 Å². The van der Waals surface area contributed by atoms with Gasteiger partial charge in [-0.3, -0.25) is 9.52 Å². The molecule has 0 bridgehead atoms. The fourth-order valence-electron chi connectivity index (χ4n) is 1.20. The third-order valence-electron chi connectivity index (χ3n) is 2.21. The van der Waals surface area contributed by atoms with E-state index in [1.165, 1.54) is 13.1 Å². The standard InChI is InChI=1S/C10H13ClN2O4S/c1-7-3-4-8(11)5-9(7)12-18(16,17)13(2)6-10(14)15/h3-5,12H,6H2,1-2H3,(H,14,15). The summed E-state index contributed by atoms with van der Waals surface area (Å²) in [6, 6.07) is 4.76.